The molecule has 0 fully saturated rings. The van der Waals surface area contributed by atoms with E-state index in [1.165, 1.54) is 11.1 Å². The highest BCUT2D eigenvalue weighted by molar-refractivity contribution is 6.30. The third kappa shape index (κ3) is 2.49. The zero-order valence-corrected chi connectivity index (χ0v) is 11.2. The average molecular weight is 272 g/mol. The number of benzene rings is 2. The van der Waals surface area contributed by atoms with E-state index in [9.17, 15) is 4.79 Å². The number of carbonyl (C=O) groups excluding carboxylic acids is 1. The molecule has 1 N–H and O–H groups in total. The molecule has 2 aromatic rings. The first-order valence-corrected chi connectivity index (χ1v) is 6.76. The van der Waals surface area contributed by atoms with Gasteiger partial charge < -0.3 is 5.32 Å². The van der Waals surface area contributed by atoms with E-state index in [1.54, 1.807) is 24.3 Å². The predicted octanol–water partition coefficient (Wildman–Crippen LogP) is 3.76. The van der Waals surface area contributed by atoms with Gasteiger partial charge in [0, 0.05) is 10.6 Å². The van der Waals surface area contributed by atoms with Crippen LogP contribution < -0.4 is 5.32 Å². The van der Waals surface area contributed by atoms with Crippen LogP contribution in [0.5, 0.6) is 0 Å². The molecule has 0 spiro atoms. The fourth-order valence-corrected chi connectivity index (χ4v) is 2.77. The Hall–Kier alpha value is -1.80. The first-order chi connectivity index (χ1) is 9.24. The molecule has 1 aliphatic rings. The van der Waals surface area contributed by atoms with Crippen molar-refractivity contribution in [3.05, 3.63) is 70.2 Å². The second-order valence-corrected chi connectivity index (χ2v) is 5.21. The molecule has 1 amide bonds. The number of carbonyl (C=O) groups is 1. The molecule has 0 heterocycles. The van der Waals surface area contributed by atoms with Crippen LogP contribution in [-0.4, -0.2) is 5.91 Å². The van der Waals surface area contributed by atoms with Crippen molar-refractivity contribution in [2.75, 3.05) is 0 Å². The smallest absolute Gasteiger partial charge is 0.251 e. The van der Waals surface area contributed by atoms with Crippen LogP contribution in [0.25, 0.3) is 0 Å². The summed E-state index contributed by atoms with van der Waals surface area (Å²) < 4.78 is 0. The third-order valence-corrected chi connectivity index (χ3v) is 3.76. The normalized spacial score (nSPS) is 17.0. The Morgan fingerprint density at radius 2 is 2.00 bits per heavy atom. The lowest BCUT2D eigenvalue weighted by molar-refractivity contribution is 0.0936. The molecule has 19 heavy (non-hydrogen) atoms. The summed E-state index contributed by atoms with van der Waals surface area (Å²) in [5.74, 6) is -0.0656. The third-order valence-electron chi connectivity index (χ3n) is 3.52. The lowest BCUT2D eigenvalue weighted by Crippen LogP contribution is -2.27. The number of rotatable bonds is 2. The van der Waals surface area contributed by atoms with Gasteiger partial charge in [-0.3, -0.25) is 4.79 Å². The van der Waals surface area contributed by atoms with E-state index in [2.05, 4.69) is 17.4 Å². The maximum Gasteiger partial charge on any atom is 0.251 e. The van der Waals surface area contributed by atoms with Crippen molar-refractivity contribution in [3.8, 4) is 0 Å². The molecule has 0 aromatic heterocycles. The molecular formula is C16H14ClNO. The van der Waals surface area contributed by atoms with Gasteiger partial charge in [-0.2, -0.15) is 0 Å². The van der Waals surface area contributed by atoms with Crippen LogP contribution in [0.2, 0.25) is 5.02 Å². The molecule has 0 aliphatic heterocycles. The number of hydrogen-bond acceptors (Lipinski definition) is 1. The SMILES string of the molecule is O=C(NC1CCc2ccccc21)c1cccc(Cl)c1. The van der Waals surface area contributed by atoms with Gasteiger partial charge in [-0.05, 0) is 42.2 Å². The topological polar surface area (TPSA) is 29.1 Å². The summed E-state index contributed by atoms with van der Waals surface area (Å²) >= 11 is 5.91. The molecule has 1 unspecified atom stereocenters. The van der Waals surface area contributed by atoms with Gasteiger partial charge in [0.1, 0.15) is 0 Å². The second kappa shape index (κ2) is 5.06. The zero-order chi connectivity index (χ0) is 13.2. The fraction of sp³-hybridized carbons (Fsp3) is 0.188. The number of hydrogen-bond donors (Lipinski definition) is 1. The Morgan fingerprint density at radius 3 is 2.84 bits per heavy atom. The standard InChI is InChI=1S/C16H14ClNO/c17-13-6-3-5-12(10-13)16(19)18-15-9-8-11-4-1-2-7-14(11)15/h1-7,10,15H,8-9H2,(H,18,19). The molecule has 0 radical (unpaired) electrons. The summed E-state index contributed by atoms with van der Waals surface area (Å²) in [7, 11) is 0. The quantitative estimate of drug-likeness (QED) is 0.885. The van der Waals surface area contributed by atoms with Gasteiger partial charge in [-0.1, -0.05) is 41.9 Å². The maximum atomic E-state index is 12.2. The van der Waals surface area contributed by atoms with Gasteiger partial charge in [-0.25, -0.2) is 0 Å². The molecule has 2 nitrogen and oxygen atoms in total. The van der Waals surface area contributed by atoms with E-state index >= 15 is 0 Å². The Balaban J connectivity index is 1.78. The molecule has 1 atom stereocenters. The minimum Gasteiger partial charge on any atom is -0.345 e. The van der Waals surface area contributed by atoms with E-state index in [-0.39, 0.29) is 11.9 Å². The Labute approximate surface area is 117 Å². The molecule has 0 bridgehead atoms. The summed E-state index contributed by atoms with van der Waals surface area (Å²) in [6.45, 7) is 0. The van der Waals surface area contributed by atoms with Crippen molar-refractivity contribution in [3.63, 3.8) is 0 Å². The van der Waals surface area contributed by atoms with Crippen LogP contribution >= 0.6 is 11.6 Å². The molecule has 0 saturated heterocycles. The van der Waals surface area contributed by atoms with Crippen molar-refractivity contribution in [1.29, 1.82) is 0 Å². The van der Waals surface area contributed by atoms with E-state index in [4.69, 9.17) is 11.6 Å². The van der Waals surface area contributed by atoms with Crippen molar-refractivity contribution in [1.82, 2.24) is 5.32 Å². The van der Waals surface area contributed by atoms with Crippen LogP contribution in [0.3, 0.4) is 0 Å². The van der Waals surface area contributed by atoms with E-state index < -0.39 is 0 Å². The van der Waals surface area contributed by atoms with Gasteiger partial charge in [0.25, 0.3) is 5.91 Å². The summed E-state index contributed by atoms with van der Waals surface area (Å²) in [6.07, 6.45) is 1.99. The van der Waals surface area contributed by atoms with Gasteiger partial charge in [0.15, 0.2) is 0 Å². The number of fused-ring (bicyclic) bond motifs is 1. The van der Waals surface area contributed by atoms with Gasteiger partial charge in [0.05, 0.1) is 6.04 Å². The number of halogens is 1. The lowest BCUT2D eigenvalue weighted by Gasteiger charge is -2.14. The van der Waals surface area contributed by atoms with Crippen LogP contribution in [-0.2, 0) is 6.42 Å². The van der Waals surface area contributed by atoms with Crippen LogP contribution in [0.15, 0.2) is 48.5 Å². The first-order valence-electron chi connectivity index (χ1n) is 6.38. The van der Waals surface area contributed by atoms with E-state index in [0.717, 1.165) is 12.8 Å². The van der Waals surface area contributed by atoms with Crippen molar-refractivity contribution >= 4 is 17.5 Å². The van der Waals surface area contributed by atoms with Crippen molar-refractivity contribution in [2.24, 2.45) is 0 Å². The molecule has 96 valence electrons. The van der Waals surface area contributed by atoms with E-state index in [0.29, 0.717) is 10.6 Å². The second-order valence-electron chi connectivity index (χ2n) is 4.77. The minimum absolute atomic E-state index is 0.0656. The summed E-state index contributed by atoms with van der Waals surface area (Å²) in [4.78, 5) is 12.2. The zero-order valence-electron chi connectivity index (χ0n) is 10.4. The fourth-order valence-electron chi connectivity index (χ4n) is 2.58. The largest absolute Gasteiger partial charge is 0.345 e. The van der Waals surface area contributed by atoms with Crippen LogP contribution in [0.4, 0.5) is 0 Å². The molecule has 0 saturated carbocycles. The van der Waals surface area contributed by atoms with E-state index in [1.807, 2.05) is 12.1 Å². The summed E-state index contributed by atoms with van der Waals surface area (Å²) in [5, 5.41) is 3.66. The molecule has 3 heteroatoms. The van der Waals surface area contributed by atoms with Crippen LogP contribution in [0, 0.1) is 0 Å². The monoisotopic (exact) mass is 271 g/mol. The number of amides is 1. The van der Waals surface area contributed by atoms with Crippen LogP contribution in [0.1, 0.15) is 33.9 Å². The molecule has 1 aliphatic carbocycles. The highest BCUT2D eigenvalue weighted by atomic mass is 35.5. The van der Waals surface area contributed by atoms with Gasteiger partial charge in [-0.15, -0.1) is 0 Å². The summed E-state index contributed by atoms with van der Waals surface area (Å²) in [5.41, 5.74) is 3.17. The average Bonchev–Trinajstić information content (AvgIpc) is 2.82. The van der Waals surface area contributed by atoms with Crippen molar-refractivity contribution in [2.45, 2.75) is 18.9 Å². The Morgan fingerprint density at radius 1 is 1.16 bits per heavy atom. The minimum atomic E-state index is -0.0656. The molecule has 2 aromatic carbocycles. The Bertz CT molecular complexity index is 624. The Kier molecular flexibility index (Phi) is 3.26. The lowest BCUT2D eigenvalue weighted by atomic mass is 10.1. The highest BCUT2D eigenvalue weighted by Gasteiger charge is 2.23. The van der Waals surface area contributed by atoms with Crippen molar-refractivity contribution < 1.29 is 4.79 Å². The summed E-state index contributed by atoms with van der Waals surface area (Å²) in [6, 6.07) is 15.4. The first kappa shape index (κ1) is 12.2. The maximum absolute atomic E-state index is 12.2. The highest BCUT2D eigenvalue weighted by Crippen LogP contribution is 2.30. The predicted molar refractivity (Wildman–Crippen MR) is 76.4 cm³/mol. The van der Waals surface area contributed by atoms with Gasteiger partial charge >= 0.3 is 0 Å². The van der Waals surface area contributed by atoms with Gasteiger partial charge in [0.2, 0.25) is 0 Å². The molecule has 3 rings (SSSR count). The molecular weight excluding hydrogens is 258 g/mol. The number of aryl methyl sites for hydroxylation is 1. The number of nitrogens with one attached hydrogen (secondary N) is 1.